The largest absolute Gasteiger partial charge is 0.493 e. The van der Waals surface area contributed by atoms with Crippen molar-refractivity contribution in [1.29, 1.82) is 0 Å². The first-order chi connectivity index (χ1) is 9.47. The van der Waals surface area contributed by atoms with Crippen molar-refractivity contribution in [1.82, 2.24) is 10.0 Å². The van der Waals surface area contributed by atoms with Gasteiger partial charge in [-0.1, -0.05) is 0 Å². The van der Waals surface area contributed by atoms with E-state index in [-0.39, 0.29) is 10.9 Å². The number of rotatable bonds is 5. The molecule has 1 aromatic rings. The molecule has 20 heavy (non-hydrogen) atoms. The van der Waals surface area contributed by atoms with Crippen molar-refractivity contribution in [2.45, 2.75) is 24.3 Å². The fourth-order valence-electron chi connectivity index (χ4n) is 2.29. The van der Waals surface area contributed by atoms with Crippen LogP contribution in [0.2, 0.25) is 0 Å². The average Bonchev–Trinajstić information content (AvgIpc) is 2.90. The quantitative estimate of drug-likeness (QED) is 0.835. The maximum atomic E-state index is 12.4. The number of sulfonamides is 1. The molecule has 2 N–H and O–H groups in total. The highest BCUT2D eigenvalue weighted by atomic mass is 32.2. The Morgan fingerprint density at radius 1 is 1.25 bits per heavy atom. The summed E-state index contributed by atoms with van der Waals surface area (Å²) in [7, 11) is -0.552. The second-order valence-electron chi connectivity index (χ2n) is 4.78. The van der Waals surface area contributed by atoms with Gasteiger partial charge in [0.05, 0.1) is 19.1 Å². The molecule has 1 atom stereocenters. The van der Waals surface area contributed by atoms with Crippen molar-refractivity contribution in [2.75, 3.05) is 27.3 Å². The zero-order valence-electron chi connectivity index (χ0n) is 11.9. The molecule has 0 radical (unpaired) electrons. The van der Waals surface area contributed by atoms with E-state index in [1.54, 1.807) is 13.0 Å². The van der Waals surface area contributed by atoms with Crippen molar-refractivity contribution >= 4 is 10.0 Å². The summed E-state index contributed by atoms with van der Waals surface area (Å²) in [6.45, 7) is 3.23. The summed E-state index contributed by atoms with van der Waals surface area (Å²) in [6, 6.07) is 3.10. The number of nitrogens with one attached hydrogen (secondary N) is 2. The molecule has 0 aliphatic carbocycles. The van der Waals surface area contributed by atoms with Gasteiger partial charge in [0.15, 0.2) is 11.5 Å². The number of methoxy groups -OCH3 is 2. The summed E-state index contributed by atoms with van der Waals surface area (Å²) < 4.78 is 37.9. The Kier molecular flexibility index (Phi) is 4.52. The molecule has 0 amide bonds. The van der Waals surface area contributed by atoms with Crippen molar-refractivity contribution in [3.63, 3.8) is 0 Å². The molecule has 1 saturated heterocycles. The molecular weight excluding hydrogens is 280 g/mol. The lowest BCUT2D eigenvalue weighted by Crippen LogP contribution is -2.36. The maximum absolute atomic E-state index is 12.4. The normalized spacial score (nSPS) is 19.1. The summed E-state index contributed by atoms with van der Waals surface area (Å²) >= 11 is 0. The maximum Gasteiger partial charge on any atom is 0.241 e. The Morgan fingerprint density at radius 3 is 2.45 bits per heavy atom. The van der Waals surface area contributed by atoms with Gasteiger partial charge < -0.3 is 14.8 Å². The molecule has 1 fully saturated rings. The van der Waals surface area contributed by atoms with Gasteiger partial charge in [0.1, 0.15) is 0 Å². The molecule has 112 valence electrons. The van der Waals surface area contributed by atoms with Gasteiger partial charge in [-0.25, -0.2) is 13.1 Å². The van der Waals surface area contributed by atoms with Gasteiger partial charge in [-0.15, -0.1) is 0 Å². The topological polar surface area (TPSA) is 76.7 Å². The van der Waals surface area contributed by atoms with Gasteiger partial charge in [-0.05, 0) is 31.5 Å². The highest BCUT2D eigenvalue weighted by molar-refractivity contribution is 7.89. The summed E-state index contributed by atoms with van der Waals surface area (Å²) in [5.41, 5.74) is 0.626. The predicted octanol–water partition coefficient (Wildman–Crippen LogP) is 0.652. The number of hydrogen-bond donors (Lipinski definition) is 2. The van der Waals surface area contributed by atoms with Crippen LogP contribution in [0.25, 0.3) is 0 Å². The Morgan fingerprint density at radius 2 is 1.90 bits per heavy atom. The minimum Gasteiger partial charge on any atom is -0.493 e. The van der Waals surface area contributed by atoms with E-state index in [1.165, 1.54) is 20.3 Å². The van der Waals surface area contributed by atoms with Crippen molar-refractivity contribution in [3.05, 3.63) is 17.7 Å². The molecule has 0 bridgehead atoms. The molecule has 0 spiro atoms. The minimum absolute atomic E-state index is 0.0625. The van der Waals surface area contributed by atoms with E-state index in [0.717, 1.165) is 13.0 Å². The lowest BCUT2D eigenvalue weighted by molar-refractivity contribution is 0.353. The Labute approximate surface area is 119 Å². The molecule has 1 aliphatic rings. The van der Waals surface area contributed by atoms with Crippen molar-refractivity contribution < 1.29 is 17.9 Å². The van der Waals surface area contributed by atoms with Gasteiger partial charge in [-0.3, -0.25) is 0 Å². The van der Waals surface area contributed by atoms with E-state index in [1.807, 2.05) is 0 Å². The van der Waals surface area contributed by atoms with Crippen LogP contribution in [0.5, 0.6) is 11.5 Å². The van der Waals surface area contributed by atoms with Crippen LogP contribution in [0.3, 0.4) is 0 Å². The Hall–Kier alpha value is -1.31. The van der Waals surface area contributed by atoms with Crippen LogP contribution in [0.1, 0.15) is 12.0 Å². The number of ether oxygens (including phenoxy) is 2. The van der Waals surface area contributed by atoms with E-state index in [9.17, 15) is 8.42 Å². The first-order valence-electron chi connectivity index (χ1n) is 6.43. The highest BCUT2D eigenvalue weighted by Crippen LogP contribution is 2.32. The second kappa shape index (κ2) is 5.99. The van der Waals surface area contributed by atoms with Gasteiger partial charge >= 0.3 is 0 Å². The van der Waals surface area contributed by atoms with Crippen LogP contribution in [-0.4, -0.2) is 41.8 Å². The van der Waals surface area contributed by atoms with Crippen LogP contribution in [0.15, 0.2) is 17.0 Å². The summed E-state index contributed by atoms with van der Waals surface area (Å²) in [5.74, 6) is 0.925. The number of hydrogen-bond acceptors (Lipinski definition) is 5. The van der Waals surface area contributed by atoms with Crippen LogP contribution in [-0.2, 0) is 10.0 Å². The average molecular weight is 300 g/mol. The SMILES string of the molecule is COc1cc(C)c(S(=O)(=O)NC2CCNC2)cc1OC. The standard InChI is InChI=1S/C13H20N2O4S/c1-9-6-11(18-2)12(19-3)7-13(9)20(16,17)15-10-4-5-14-8-10/h6-7,10,14-15H,4-5,8H2,1-3H3. The molecule has 7 heteroatoms. The van der Waals surface area contributed by atoms with E-state index in [0.29, 0.717) is 23.6 Å². The smallest absolute Gasteiger partial charge is 0.241 e. The van der Waals surface area contributed by atoms with Crippen LogP contribution < -0.4 is 19.5 Å². The molecule has 0 saturated carbocycles. The third kappa shape index (κ3) is 3.05. The lowest BCUT2D eigenvalue weighted by Gasteiger charge is -2.16. The van der Waals surface area contributed by atoms with Crippen molar-refractivity contribution in [3.8, 4) is 11.5 Å². The van der Waals surface area contributed by atoms with Gasteiger partial charge in [0.2, 0.25) is 10.0 Å². The molecule has 6 nitrogen and oxygen atoms in total. The molecule has 1 aromatic carbocycles. The number of aryl methyl sites for hydroxylation is 1. The third-order valence-corrected chi connectivity index (χ3v) is 5.02. The van der Waals surface area contributed by atoms with Crippen LogP contribution >= 0.6 is 0 Å². The molecule has 1 heterocycles. The van der Waals surface area contributed by atoms with Crippen LogP contribution in [0.4, 0.5) is 0 Å². The van der Waals surface area contributed by atoms with Gasteiger partial charge in [0.25, 0.3) is 0 Å². The fourth-order valence-corrected chi connectivity index (χ4v) is 3.80. The summed E-state index contributed by atoms with van der Waals surface area (Å²) in [6.07, 6.45) is 0.797. The van der Waals surface area contributed by atoms with E-state index in [2.05, 4.69) is 10.0 Å². The van der Waals surface area contributed by atoms with E-state index in [4.69, 9.17) is 9.47 Å². The number of benzene rings is 1. The predicted molar refractivity (Wildman–Crippen MR) is 75.9 cm³/mol. The fraction of sp³-hybridized carbons (Fsp3) is 0.538. The lowest BCUT2D eigenvalue weighted by atomic mass is 10.2. The molecule has 1 unspecified atom stereocenters. The summed E-state index contributed by atoms with van der Waals surface area (Å²) in [5, 5.41) is 3.13. The highest BCUT2D eigenvalue weighted by Gasteiger charge is 2.25. The molecule has 1 aliphatic heterocycles. The Balaban J connectivity index is 2.35. The van der Waals surface area contributed by atoms with E-state index < -0.39 is 10.0 Å². The van der Waals surface area contributed by atoms with Crippen LogP contribution in [0, 0.1) is 6.92 Å². The second-order valence-corrected chi connectivity index (χ2v) is 6.47. The van der Waals surface area contributed by atoms with Crippen molar-refractivity contribution in [2.24, 2.45) is 0 Å². The molecule has 2 rings (SSSR count). The monoisotopic (exact) mass is 300 g/mol. The first-order valence-corrected chi connectivity index (χ1v) is 7.92. The van der Waals surface area contributed by atoms with E-state index >= 15 is 0 Å². The summed E-state index contributed by atoms with van der Waals surface area (Å²) in [4.78, 5) is 0.224. The third-order valence-electron chi connectivity index (χ3n) is 3.35. The zero-order valence-corrected chi connectivity index (χ0v) is 12.7. The minimum atomic E-state index is -3.56. The molecular formula is C13H20N2O4S. The Bertz CT molecular complexity index is 580. The zero-order chi connectivity index (χ0) is 14.8. The van der Waals surface area contributed by atoms with Gasteiger partial charge in [-0.2, -0.15) is 0 Å². The molecule has 0 aromatic heterocycles. The first kappa shape index (κ1) is 15.1. The van der Waals surface area contributed by atoms with Gasteiger partial charge in [0, 0.05) is 18.7 Å².